The highest BCUT2D eigenvalue weighted by molar-refractivity contribution is 9.10. The smallest absolute Gasteiger partial charge is 0.414 e. The number of nitrogens with zero attached hydrogens (tertiary/aromatic N) is 3. The Morgan fingerprint density at radius 3 is 1.26 bits per heavy atom. The zero-order valence-corrected chi connectivity index (χ0v) is 39.5. The van der Waals surface area contributed by atoms with Crippen LogP contribution in [-0.2, 0) is 13.6 Å². The number of rotatable bonds is 6. The van der Waals surface area contributed by atoms with Crippen LogP contribution in [0.1, 0.15) is 78.5 Å². The van der Waals surface area contributed by atoms with Crippen LogP contribution in [0.15, 0.2) is 17.4 Å². The second-order valence-electron chi connectivity index (χ2n) is 15.4. The van der Waals surface area contributed by atoms with Crippen molar-refractivity contribution >= 4 is 88.6 Å². The molecule has 0 aromatic heterocycles. The van der Waals surface area contributed by atoms with E-state index in [2.05, 4.69) is 119 Å². The van der Waals surface area contributed by atoms with Gasteiger partial charge in [0, 0.05) is 19.8 Å². The van der Waals surface area contributed by atoms with E-state index in [0.717, 1.165) is 18.2 Å². The van der Waals surface area contributed by atoms with Gasteiger partial charge in [0.05, 0.1) is 30.5 Å². The molecule has 0 bridgehead atoms. The fraction of sp³-hybridized carbons (Fsp3) is 0.938. The van der Waals surface area contributed by atoms with Gasteiger partial charge in [0.25, 0.3) is 0 Å². The van der Waals surface area contributed by atoms with E-state index in [1.165, 1.54) is 64.2 Å². The monoisotopic (exact) mass is 956 g/mol. The van der Waals surface area contributed by atoms with Gasteiger partial charge >= 0.3 is 1.43 Å². The number of aliphatic hydroxyl groups is 1. The van der Waals surface area contributed by atoms with Gasteiger partial charge in [-0.15, -0.1) is 11.4 Å². The molecule has 46 heavy (non-hydrogen) atoms. The molecule has 1 heterocycles. The standard InChI is InChI=1S/2C8H17BrOSi.C5H9BrO.C5H8O.C3H5Br.C3H9N3Si/c2*1-11(2,3)10-8-6-4-5-7(8)9;6-4-2-1-3-5(4)7;1-2-4-5(3-1)6-4;1-2-3-4;1-7(2,3)6-5-4/h2*7-8H,4-6H2,1-3H3;4-5,7H,1-3H2;4-5H,1-3H2;2H,1,3H2;1-3H3/p+1/t;;4-,5-;;;/m..1.../s1. The number of alkyl halides is 4. The lowest BCUT2D eigenvalue weighted by molar-refractivity contribution is 0.189. The quantitative estimate of drug-likeness (QED) is 0.0545. The van der Waals surface area contributed by atoms with Crippen LogP contribution >= 0.6 is 63.7 Å². The minimum atomic E-state index is -1.45. The maximum absolute atomic E-state index is 8.95. The Kier molecular flexibility index (Phi) is 25.4. The molecule has 6 unspecified atom stereocenters. The fourth-order valence-electron chi connectivity index (χ4n) is 5.17. The third kappa shape index (κ3) is 26.3. The molecule has 0 aromatic carbocycles. The Morgan fingerprint density at radius 2 is 1.13 bits per heavy atom. The van der Waals surface area contributed by atoms with Crippen molar-refractivity contribution in [2.45, 2.75) is 181 Å². The Bertz CT molecular complexity index is 830. The molecule has 5 fully saturated rings. The lowest BCUT2D eigenvalue weighted by Crippen LogP contribution is -2.34. The van der Waals surface area contributed by atoms with Gasteiger partial charge in [-0.1, -0.05) is 89.4 Å². The summed E-state index contributed by atoms with van der Waals surface area (Å²) in [6, 6.07) is 0. The summed E-state index contributed by atoms with van der Waals surface area (Å²) >= 11 is 13.8. The molecule has 5 aliphatic rings. The molecular formula is C32H66Br4N3O4Si3+. The van der Waals surface area contributed by atoms with Crippen molar-refractivity contribution in [3.8, 4) is 0 Å². The predicted molar refractivity (Wildman–Crippen MR) is 222 cm³/mol. The van der Waals surface area contributed by atoms with E-state index >= 15 is 0 Å². The first-order valence-corrected chi connectivity index (χ1v) is 31.2. The summed E-state index contributed by atoms with van der Waals surface area (Å²) in [5, 5.41) is 9.85. The highest BCUT2D eigenvalue weighted by Crippen LogP contribution is 2.37. The maximum Gasteiger partial charge on any atom is 1.00 e. The number of allylic oxidation sites excluding steroid dienone is 1. The molecular weight excluding hydrogens is 894 g/mol. The van der Waals surface area contributed by atoms with Crippen molar-refractivity contribution in [1.29, 1.82) is 0 Å². The summed E-state index contributed by atoms with van der Waals surface area (Å²) in [6.07, 6.45) is 19.3. The molecule has 272 valence electrons. The van der Waals surface area contributed by atoms with Crippen molar-refractivity contribution in [2.24, 2.45) is 4.78 Å². The summed E-state index contributed by atoms with van der Waals surface area (Å²) in [5.74, 6) is 0. The number of hydrogen-bond acceptors (Lipinski definition) is 5. The van der Waals surface area contributed by atoms with Crippen molar-refractivity contribution in [3.05, 3.63) is 23.1 Å². The molecule has 8 atom stereocenters. The average molecular weight is 961 g/mol. The Balaban J connectivity index is 0. The third-order valence-corrected chi connectivity index (χ3v) is 13.6. The third-order valence-electron chi connectivity index (χ3n) is 7.27. The number of azide groups is 1. The zero-order valence-electron chi connectivity index (χ0n) is 31.1. The van der Waals surface area contributed by atoms with Gasteiger partial charge in [0.2, 0.25) is 0 Å². The molecule has 0 aromatic rings. The molecule has 1 saturated heterocycles. The number of epoxide rings is 1. The molecule has 1 aliphatic heterocycles. The molecule has 5 rings (SSSR count). The van der Waals surface area contributed by atoms with E-state index in [0.29, 0.717) is 38.9 Å². The van der Waals surface area contributed by atoms with Crippen molar-refractivity contribution in [2.75, 3.05) is 5.33 Å². The first-order valence-electron chi connectivity index (χ1n) is 17.1. The number of aliphatic hydroxyl groups excluding tert-OH is 1. The van der Waals surface area contributed by atoms with Crippen LogP contribution in [-0.4, -0.2) is 80.3 Å². The fourth-order valence-corrected chi connectivity index (χ4v) is 10.2. The molecule has 0 amide bonds. The molecule has 0 spiro atoms. The van der Waals surface area contributed by atoms with Crippen LogP contribution in [0, 0.1) is 0 Å². The molecule has 14 heteroatoms. The SMILES string of the molecule is C1CC2OC2C1.C=CCBr.C[Si](C)(C)N=[N+]=[N-].C[Si](C)(C)OC1CCCC1Br.C[Si](C)(C)OC1CCCC1Br.O[C@@H]1CCC[C@H]1Br.[H+]. The van der Waals surface area contributed by atoms with Crippen LogP contribution in [0.5, 0.6) is 0 Å². The minimum absolute atomic E-state index is 0. The zero-order chi connectivity index (χ0) is 35.6. The van der Waals surface area contributed by atoms with E-state index < -0.39 is 24.9 Å². The normalized spacial score (nSPS) is 30.9. The van der Waals surface area contributed by atoms with Gasteiger partial charge in [0.1, 0.15) is 8.24 Å². The Labute approximate surface area is 320 Å². The van der Waals surface area contributed by atoms with Crippen LogP contribution < -0.4 is 0 Å². The molecule has 4 aliphatic carbocycles. The molecule has 1 N–H and O–H groups in total. The van der Waals surface area contributed by atoms with Gasteiger partial charge in [-0.25, -0.2) is 0 Å². The number of hydrogen-bond donors (Lipinski definition) is 1. The topological polar surface area (TPSA) is 100.0 Å². The highest BCUT2D eigenvalue weighted by Gasteiger charge is 2.42. The van der Waals surface area contributed by atoms with Gasteiger partial charge in [0.15, 0.2) is 16.6 Å². The average Bonchev–Trinajstić information content (AvgIpc) is 3.34. The van der Waals surface area contributed by atoms with Gasteiger partial charge in [-0.3, -0.25) is 0 Å². The highest BCUT2D eigenvalue weighted by atomic mass is 79.9. The summed E-state index contributed by atoms with van der Waals surface area (Å²) < 4.78 is 20.7. The largest absolute Gasteiger partial charge is 1.00 e. The van der Waals surface area contributed by atoms with Crippen molar-refractivity contribution in [3.63, 3.8) is 0 Å². The molecule has 0 radical (unpaired) electrons. The summed E-state index contributed by atoms with van der Waals surface area (Å²) in [6.45, 7) is 22.9. The molecule has 4 saturated carbocycles. The first-order chi connectivity index (χ1) is 21.2. The summed E-state index contributed by atoms with van der Waals surface area (Å²) in [4.78, 5) is 4.31. The second kappa shape index (κ2) is 24.6. The van der Waals surface area contributed by atoms with Crippen LogP contribution in [0.4, 0.5) is 0 Å². The molecule has 7 nitrogen and oxygen atoms in total. The van der Waals surface area contributed by atoms with Gasteiger partial charge in [-0.2, -0.15) is 0 Å². The van der Waals surface area contributed by atoms with Crippen molar-refractivity contribution < 1.29 is 20.1 Å². The van der Waals surface area contributed by atoms with E-state index in [1.807, 2.05) is 19.6 Å². The van der Waals surface area contributed by atoms with Crippen molar-refractivity contribution in [1.82, 2.24) is 0 Å². The lowest BCUT2D eigenvalue weighted by Gasteiger charge is -2.25. The minimum Gasteiger partial charge on any atom is -0.414 e. The number of fused-ring (bicyclic) bond motifs is 1. The number of halogens is 4. The second-order valence-corrected chi connectivity index (χ2v) is 33.0. The van der Waals surface area contributed by atoms with Crippen LogP contribution in [0.2, 0.25) is 58.9 Å². The van der Waals surface area contributed by atoms with Crippen LogP contribution in [0.3, 0.4) is 0 Å². The summed E-state index contributed by atoms with van der Waals surface area (Å²) in [7, 11) is -4.04. The van der Waals surface area contributed by atoms with Gasteiger partial charge in [-0.05, 0) is 127 Å². The maximum atomic E-state index is 8.95. The lowest BCUT2D eigenvalue weighted by atomic mass is 10.3. The Morgan fingerprint density at radius 1 is 0.761 bits per heavy atom. The van der Waals surface area contributed by atoms with Crippen LogP contribution in [0.25, 0.3) is 10.4 Å². The van der Waals surface area contributed by atoms with E-state index in [1.54, 1.807) is 6.08 Å². The summed E-state index contributed by atoms with van der Waals surface area (Å²) in [5.41, 5.74) is 7.89. The van der Waals surface area contributed by atoms with E-state index in [9.17, 15) is 0 Å². The van der Waals surface area contributed by atoms with Gasteiger partial charge < -0.3 is 18.7 Å². The first kappa shape index (κ1) is 47.5. The predicted octanol–water partition coefficient (Wildman–Crippen LogP) is 12.4. The number of ether oxygens (including phenoxy) is 1. The van der Waals surface area contributed by atoms with E-state index in [-0.39, 0.29) is 7.53 Å². The Hall–Kier alpha value is 1.46. The van der Waals surface area contributed by atoms with E-state index in [4.69, 9.17) is 24.2 Å².